The Kier molecular flexibility index (Phi) is 3.05. The van der Waals surface area contributed by atoms with Gasteiger partial charge in [-0.2, -0.15) is 0 Å². The van der Waals surface area contributed by atoms with Crippen molar-refractivity contribution in [3.63, 3.8) is 0 Å². The Morgan fingerprint density at radius 3 is 2.50 bits per heavy atom. The fraction of sp³-hybridized carbons (Fsp3) is 0.316. The molecule has 3 nitrogen and oxygen atoms in total. The molecule has 2 aliphatic rings. The van der Waals surface area contributed by atoms with Crippen LogP contribution >= 0.6 is 0 Å². The van der Waals surface area contributed by atoms with E-state index in [1.54, 1.807) is 0 Å². The molecule has 1 saturated heterocycles. The highest BCUT2D eigenvalue weighted by Gasteiger charge is 2.50. The molecule has 0 amide bonds. The van der Waals surface area contributed by atoms with Crippen molar-refractivity contribution >= 4 is 5.97 Å². The van der Waals surface area contributed by atoms with Crippen molar-refractivity contribution in [3.05, 3.63) is 71.3 Å². The number of ether oxygens (including phenoxy) is 1. The maximum atomic E-state index is 12.5. The van der Waals surface area contributed by atoms with E-state index in [1.807, 2.05) is 31.2 Å². The van der Waals surface area contributed by atoms with Gasteiger partial charge in [0.2, 0.25) is 0 Å². The summed E-state index contributed by atoms with van der Waals surface area (Å²) in [6.45, 7) is 3.24. The van der Waals surface area contributed by atoms with Crippen LogP contribution in [0.4, 0.5) is 0 Å². The largest absolute Gasteiger partial charge is 0.462 e. The second kappa shape index (κ2) is 4.96. The van der Waals surface area contributed by atoms with Gasteiger partial charge in [0.25, 0.3) is 0 Å². The molecule has 2 heterocycles. The van der Waals surface area contributed by atoms with Gasteiger partial charge in [-0.15, -0.1) is 0 Å². The van der Waals surface area contributed by atoms with Crippen LogP contribution in [0.5, 0.6) is 0 Å². The SMILES string of the molecule is C[C@@]12Cc3ccccc3CN1[C@H](c1ccccc1)COC2=O. The van der Waals surface area contributed by atoms with Crippen LogP contribution in [-0.2, 0) is 22.5 Å². The van der Waals surface area contributed by atoms with E-state index in [1.165, 1.54) is 16.7 Å². The summed E-state index contributed by atoms with van der Waals surface area (Å²) in [5.41, 5.74) is 3.20. The second-order valence-corrected chi connectivity index (χ2v) is 6.37. The average Bonchev–Trinajstić information content (AvgIpc) is 2.55. The van der Waals surface area contributed by atoms with Crippen molar-refractivity contribution in [1.29, 1.82) is 0 Å². The van der Waals surface area contributed by atoms with Gasteiger partial charge in [0.15, 0.2) is 0 Å². The highest BCUT2D eigenvalue weighted by atomic mass is 16.5. The number of hydrogen-bond donors (Lipinski definition) is 0. The predicted octanol–water partition coefficient (Wildman–Crippen LogP) is 3.10. The first-order valence-electron chi connectivity index (χ1n) is 7.74. The molecule has 0 spiro atoms. The van der Waals surface area contributed by atoms with Crippen molar-refractivity contribution in [2.24, 2.45) is 0 Å². The zero-order valence-corrected chi connectivity index (χ0v) is 12.7. The molecule has 1 fully saturated rings. The third-order valence-corrected chi connectivity index (χ3v) is 5.00. The van der Waals surface area contributed by atoms with E-state index in [4.69, 9.17) is 4.74 Å². The summed E-state index contributed by atoms with van der Waals surface area (Å²) in [4.78, 5) is 14.8. The summed E-state index contributed by atoms with van der Waals surface area (Å²) in [6, 6.07) is 18.9. The summed E-state index contributed by atoms with van der Waals surface area (Å²) >= 11 is 0. The molecule has 3 heteroatoms. The Bertz CT molecular complexity index is 712. The zero-order valence-electron chi connectivity index (χ0n) is 12.7. The van der Waals surface area contributed by atoms with Gasteiger partial charge in [-0.3, -0.25) is 9.69 Å². The van der Waals surface area contributed by atoms with Crippen LogP contribution in [0.1, 0.15) is 29.7 Å². The molecule has 22 heavy (non-hydrogen) atoms. The van der Waals surface area contributed by atoms with Gasteiger partial charge < -0.3 is 4.74 Å². The Morgan fingerprint density at radius 1 is 1.05 bits per heavy atom. The average molecular weight is 293 g/mol. The molecular weight excluding hydrogens is 274 g/mol. The minimum atomic E-state index is -0.576. The van der Waals surface area contributed by atoms with Gasteiger partial charge in [-0.25, -0.2) is 0 Å². The lowest BCUT2D eigenvalue weighted by Gasteiger charge is -2.50. The Balaban J connectivity index is 1.79. The molecule has 0 bridgehead atoms. The minimum Gasteiger partial charge on any atom is -0.462 e. The van der Waals surface area contributed by atoms with Gasteiger partial charge in [0, 0.05) is 13.0 Å². The highest BCUT2D eigenvalue weighted by molar-refractivity contribution is 5.82. The van der Waals surface area contributed by atoms with Crippen molar-refractivity contribution in [1.82, 2.24) is 4.90 Å². The lowest BCUT2D eigenvalue weighted by Crippen LogP contribution is -2.61. The number of fused-ring (bicyclic) bond motifs is 2. The van der Waals surface area contributed by atoms with E-state index in [0.29, 0.717) is 13.0 Å². The molecule has 2 atom stereocenters. The molecule has 2 aliphatic heterocycles. The first kappa shape index (κ1) is 13.5. The first-order valence-corrected chi connectivity index (χ1v) is 7.74. The molecule has 0 aromatic heterocycles. The van der Waals surface area contributed by atoms with E-state index in [-0.39, 0.29) is 12.0 Å². The quantitative estimate of drug-likeness (QED) is 0.757. The van der Waals surface area contributed by atoms with Gasteiger partial charge in [-0.1, -0.05) is 54.6 Å². The zero-order chi connectivity index (χ0) is 15.2. The molecule has 0 aliphatic carbocycles. The summed E-state index contributed by atoms with van der Waals surface area (Å²) in [5.74, 6) is -0.103. The summed E-state index contributed by atoms with van der Waals surface area (Å²) < 4.78 is 5.55. The number of carbonyl (C=O) groups excluding carboxylic acids is 1. The molecule has 4 rings (SSSR count). The second-order valence-electron chi connectivity index (χ2n) is 6.37. The number of nitrogens with zero attached hydrogens (tertiary/aromatic N) is 1. The van der Waals surface area contributed by atoms with E-state index >= 15 is 0 Å². The Hall–Kier alpha value is -2.13. The fourth-order valence-electron chi connectivity index (χ4n) is 3.71. The van der Waals surface area contributed by atoms with Crippen LogP contribution in [-0.4, -0.2) is 23.0 Å². The van der Waals surface area contributed by atoms with Crippen molar-refractivity contribution < 1.29 is 9.53 Å². The van der Waals surface area contributed by atoms with Crippen molar-refractivity contribution in [2.75, 3.05) is 6.61 Å². The monoisotopic (exact) mass is 293 g/mol. The van der Waals surface area contributed by atoms with E-state index in [0.717, 1.165) is 6.54 Å². The number of hydrogen-bond acceptors (Lipinski definition) is 3. The summed E-state index contributed by atoms with van der Waals surface area (Å²) in [7, 11) is 0. The van der Waals surface area contributed by atoms with Gasteiger partial charge in [0.1, 0.15) is 12.1 Å². The number of carbonyl (C=O) groups is 1. The molecule has 0 N–H and O–H groups in total. The Labute approximate surface area is 130 Å². The van der Waals surface area contributed by atoms with Crippen LogP contribution in [0.2, 0.25) is 0 Å². The molecule has 0 unspecified atom stereocenters. The minimum absolute atomic E-state index is 0.103. The molecule has 0 saturated carbocycles. The van der Waals surface area contributed by atoms with Crippen LogP contribution < -0.4 is 0 Å². The van der Waals surface area contributed by atoms with Crippen molar-refractivity contribution in [2.45, 2.75) is 31.5 Å². The number of rotatable bonds is 1. The lowest BCUT2D eigenvalue weighted by molar-refractivity contribution is -0.177. The number of esters is 1. The smallest absolute Gasteiger partial charge is 0.326 e. The summed E-state index contributed by atoms with van der Waals surface area (Å²) in [5, 5.41) is 0. The molecule has 112 valence electrons. The van der Waals surface area contributed by atoms with Gasteiger partial charge in [0.05, 0.1) is 6.04 Å². The lowest BCUT2D eigenvalue weighted by atomic mass is 9.81. The summed E-state index contributed by atoms with van der Waals surface area (Å²) in [6.07, 6.45) is 0.714. The topological polar surface area (TPSA) is 29.5 Å². The van der Waals surface area contributed by atoms with Crippen LogP contribution in [0, 0.1) is 0 Å². The number of cyclic esters (lactones) is 1. The maximum absolute atomic E-state index is 12.5. The van der Waals surface area contributed by atoms with Crippen LogP contribution in [0.15, 0.2) is 54.6 Å². The van der Waals surface area contributed by atoms with Crippen molar-refractivity contribution in [3.8, 4) is 0 Å². The molecule has 2 aromatic carbocycles. The van der Waals surface area contributed by atoms with E-state index < -0.39 is 5.54 Å². The molecular formula is C19H19NO2. The van der Waals surface area contributed by atoms with Gasteiger partial charge >= 0.3 is 5.97 Å². The van der Waals surface area contributed by atoms with E-state index in [2.05, 4.69) is 35.2 Å². The fourth-order valence-corrected chi connectivity index (χ4v) is 3.71. The highest BCUT2D eigenvalue weighted by Crippen LogP contribution is 2.41. The third-order valence-electron chi connectivity index (χ3n) is 5.00. The molecule has 0 radical (unpaired) electrons. The maximum Gasteiger partial charge on any atom is 0.326 e. The van der Waals surface area contributed by atoms with E-state index in [9.17, 15) is 4.79 Å². The van der Waals surface area contributed by atoms with Crippen LogP contribution in [0.25, 0.3) is 0 Å². The standard InChI is InChI=1S/C19H19NO2/c1-19-11-15-9-5-6-10-16(15)12-20(19)17(13-22-18(19)21)14-7-3-2-4-8-14/h2-10,17H,11-13H2,1H3/t17-,19-/m0/s1. The third kappa shape index (κ3) is 1.97. The first-order chi connectivity index (χ1) is 10.7. The number of morpholine rings is 1. The van der Waals surface area contributed by atoms with Crippen LogP contribution in [0.3, 0.4) is 0 Å². The molecule has 2 aromatic rings. The normalized spacial score (nSPS) is 27.7. The predicted molar refractivity (Wildman–Crippen MR) is 84.2 cm³/mol. The Morgan fingerprint density at radius 2 is 1.73 bits per heavy atom. The number of benzene rings is 2. The van der Waals surface area contributed by atoms with Gasteiger partial charge in [-0.05, 0) is 23.6 Å².